The maximum Gasteiger partial charge on any atom is 0.118 e. The molecular formula is C18H23N5O. The van der Waals surface area contributed by atoms with Crippen LogP contribution in [-0.4, -0.2) is 33.1 Å². The lowest BCUT2D eigenvalue weighted by Crippen LogP contribution is -2.30. The molecule has 2 N–H and O–H groups in total. The van der Waals surface area contributed by atoms with E-state index in [0.29, 0.717) is 6.04 Å². The Morgan fingerprint density at radius 2 is 2.04 bits per heavy atom. The molecule has 0 spiro atoms. The van der Waals surface area contributed by atoms with Crippen LogP contribution in [0.15, 0.2) is 42.9 Å². The van der Waals surface area contributed by atoms with Crippen LogP contribution in [0.2, 0.25) is 0 Å². The van der Waals surface area contributed by atoms with Crippen molar-refractivity contribution >= 4 is 0 Å². The van der Waals surface area contributed by atoms with Crippen LogP contribution in [0.5, 0.6) is 5.75 Å². The number of rotatable bonds is 7. The molecular weight excluding hydrogens is 302 g/mol. The standard InChI is InChI=1S/C18H23N5O/c1-13-8-21-23(11-13)12-14(2)19-9-16-10-20-22-18(16)15-4-6-17(24-3)7-5-15/h4-8,10-11,14,19H,9,12H2,1-3H3,(H,20,22). The lowest BCUT2D eigenvalue weighted by atomic mass is 10.1. The van der Waals surface area contributed by atoms with Gasteiger partial charge in [0.1, 0.15) is 5.75 Å². The molecule has 0 saturated heterocycles. The molecule has 0 bridgehead atoms. The smallest absolute Gasteiger partial charge is 0.118 e. The molecule has 2 heterocycles. The van der Waals surface area contributed by atoms with E-state index in [1.54, 1.807) is 7.11 Å². The Labute approximate surface area is 141 Å². The summed E-state index contributed by atoms with van der Waals surface area (Å²) in [6.45, 7) is 5.79. The maximum absolute atomic E-state index is 5.21. The third-order valence-corrected chi connectivity index (χ3v) is 3.96. The molecule has 1 unspecified atom stereocenters. The van der Waals surface area contributed by atoms with Gasteiger partial charge < -0.3 is 10.1 Å². The predicted octanol–water partition coefficient (Wildman–Crippen LogP) is 2.77. The summed E-state index contributed by atoms with van der Waals surface area (Å²) in [5, 5.41) is 15.1. The van der Waals surface area contributed by atoms with Crippen LogP contribution < -0.4 is 10.1 Å². The van der Waals surface area contributed by atoms with E-state index in [2.05, 4.69) is 33.7 Å². The predicted molar refractivity (Wildman–Crippen MR) is 93.8 cm³/mol. The molecule has 0 aliphatic carbocycles. The zero-order valence-electron chi connectivity index (χ0n) is 14.3. The van der Waals surface area contributed by atoms with Crippen LogP contribution in [0.4, 0.5) is 0 Å². The van der Waals surface area contributed by atoms with Crippen molar-refractivity contribution in [2.45, 2.75) is 33.0 Å². The zero-order valence-corrected chi connectivity index (χ0v) is 14.3. The van der Waals surface area contributed by atoms with Gasteiger partial charge in [0.25, 0.3) is 0 Å². The molecule has 0 aliphatic heterocycles. The highest BCUT2D eigenvalue weighted by Gasteiger charge is 2.10. The van der Waals surface area contributed by atoms with E-state index < -0.39 is 0 Å². The normalized spacial score (nSPS) is 12.3. The third kappa shape index (κ3) is 3.83. The van der Waals surface area contributed by atoms with Crippen molar-refractivity contribution in [1.82, 2.24) is 25.3 Å². The van der Waals surface area contributed by atoms with E-state index in [-0.39, 0.29) is 0 Å². The second-order valence-corrected chi connectivity index (χ2v) is 6.02. The summed E-state index contributed by atoms with van der Waals surface area (Å²) in [6.07, 6.45) is 5.81. The van der Waals surface area contributed by atoms with Gasteiger partial charge >= 0.3 is 0 Å². The molecule has 6 heteroatoms. The molecule has 6 nitrogen and oxygen atoms in total. The van der Waals surface area contributed by atoms with E-state index >= 15 is 0 Å². The fourth-order valence-electron chi connectivity index (χ4n) is 2.65. The van der Waals surface area contributed by atoms with E-state index in [1.165, 1.54) is 5.56 Å². The molecule has 1 atom stereocenters. The molecule has 0 saturated carbocycles. The Kier molecular flexibility index (Phi) is 4.96. The zero-order chi connectivity index (χ0) is 16.9. The first-order valence-electron chi connectivity index (χ1n) is 8.05. The van der Waals surface area contributed by atoms with Gasteiger partial charge in [-0.25, -0.2) is 0 Å². The summed E-state index contributed by atoms with van der Waals surface area (Å²) in [6, 6.07) is 8.28. The number of hydrogen-bond donors (Lipinski definition) is 2. The number of nitrogens with one attached hydrogen (secondary N) is 2. The van der Waals surface area contributed by atoms with Crippen LogP contribution in [0, 0.1) is 6.92 Å². The van der Waals surface area contributed by atoms with Gasteiger partial charge in [0, 0.05) is 29.9 Å². The van der Waals surface area contributed by atoms with E-state index in [1.807, 2.05) is 48.3 Å². The molecule has 3 aromatic rings. The lowest BCUT2D eigenvalue weighted by Gasteiger charge is -2.14. The minimum atomic E-state index is 0.308. The van der Waals surface area contributed by atoms with Gasteiger partial charge in [0.15, 0.2) is 0 Å². The average Bonchev–Trinajstić information content (AvgIpc) is 3.22. The Bertz CT molecular complexity index is 775. The molecule has 0 fully saturated rings. The highest BCUT2D eigenvalue weighted by Crippen LogP contribution is 2.23. The molecule has 126 valence electrons. The molecule has 2 aromatic heterocycles. The van der Waals surface area contributed by atoms with Crippen LogP contribution in [0.1, 0.15) is 18.1 Å². The van der Waals surface area contributed by atoms with Gasteiger partial charge in [0.2, 0.25) is 0 Å². The number of ether oxygens (including phenoxy) is 1. The van der Waals surface area contributed by atoms with Crippen molar-refractivity contribution in [3.8, 4) is 17.0 Å². The van der Waals surface area contributed by atoms with E-state index in [0.717, 1.165) is 35.7 Å². The lowest BCUT2D eigenvalue weighted by molar-refractivity contribution is 0.415. The quantitative estimate of drug-likeness (QED) is 0.701. The molecule has 1 aromatic carbocycles. The average molecular weight is 325 g/mol. The van der Waals surface area contributed by atoms with Gasteiger partial charge in [-0.1, -0.05) is 0 Å². The highest BCUT2D eigenvalue weighted by atomic mass is 16.5. The highest BCUT2D eigenvalue weighted by molar-refractivity contribution is 5.63. The van der Waals surface area contributed by atoms with Crippen LogP contribution in [0.3, 0.4) is 0 Å². The number of H-pyrrole nitrogens is 1. The van der Waals surface area contributed by atoms with Gasteiger partial charge in [-0.05, 0) is 43.7 Å². The topological polar surface area (TPSA) is 67.8 Å². The van der Waals surface area contributed by atoms with E-state index in [4.69, 9.17) is 4.74 Å². The SMILES string of the molecule is COc1ccc(-c2[nH]ncc2CNC(C)Cn2cc(C)cn2)cc1. The minimum absolute atomic E-state index is 0.308. The molecule has 0 radical (unpaired) electrons. The molecule has 3 rings (SSSR count). The van der Waals surface area contributed by atoms with Crippen molar-refractivity contribution in [3.05, 3.63) is 54.0 Å². The number of aromatic nitrogens is 4. The number of aromatic amines is 1. The number of methoxy groups -OCH3 is 1. The molecule has 0 aliphatic rings. The summed E-state index contributed by atoms with van der Waals surface area (Å²) in [4.78, 5) is 0. The van der Waals surface area contributed by atoms with Crippen molar-refractivity contribution in [2.24, 2.45) is 0 Å². The number of aryl methyl sites for hydroxylation is 1. The van der Waals surface area contributed by atoms with Crippen molar-refractivity contribution in [2.75, 3.05) is 7.11 Å². The van der Waals surface area contributed by atoms with Gasteiger partial charge in [-0.3, -0.25) is 9.78 Å². The van der Waals surface area contributed by atoms with Crippen LogP contribution >= 0.6 is 0 Å². The Hall–Kier alpha value is -2.60. The third-order valence-electron chi connectivity index (χ3n) is 3.96. The first-order chi connectivity index (χ1) is 11.7. The first kappa shape index (κ1) is 16.3. The first-order valence-corrected chi connectivity index (χ1v) is 8.05. The monoisotopic (exact) mass is 325 g/mol. The van der Waals surface area contributed by atoms with Crippen molar-refractivity contribution in [3.63, 3.8) is 0 Å². The maximum atomic E-state index is 5.21. The van der Waals surface area contributed by atoms with Crippen LogP contribution in [-0.2, 0) is 13.1 Å². The fraction of sp³-hybridized carbons (Fsp3) is 0.333. The van der Waals surface area contributed by atoms with Gasteiger partial charge in [-0.2, -0.15) is 10.2 Å². The second kappa shape index (κ2) is 7.31. The van der Waals surface area contributed by atoms with Crippen molar-refractivity contribution < 1.29 is 4.74 Å². The summed E-state index contributed by atoms with van der Waals surface area (Å²) in [7, 11) is 1.67. The summed E-state index contributed by atoms with van der Waals surface area (Å²) >= 11 is 0. The molecule has 0 amide bonds. The summed E-state index contributed by atoms with van der Waals surface area (Å²) in [5.74, 6) is 0.848. The Morgan fingerprint density at radius 1 is 1.25 bits per heavy atom. The minimum Gasteiger partial charge on any atom is -0.497 e. The number of nitrogens with zero attached hydrogens (tertiary/aromatic N) is 3. The van der Waals surface area contributed by atoms with Crippen LogP contribution in [0.25, 0.3) is 11.3 Å². The van der Waals surface area contributed by atoms with Gasteiger partial charge in [0.05, 0.1) is 31.7 Å². The number of hydrogen-bond acceptors (Lipinski definition) is 4. The Morgan fingerprint density at radius 3 is 2.71 bits per heavy atom. The van der Waals surface area contributed by atoms with Crippen molar-refractivity contribution in [1.29, 1.82) is 0 Å². The number of benzene rings is 1. The Balaban J connectivity index is 1.62. The molecule has 24 heavy (non-hydrogen) atoms. The van der Waals surface area contributed by atoms with E-state index in [9.17, 15) is 0 Å². The van der Waals surface area contributed by atoms with Gasteiger partial charge in [-0.15, -0.1) is 0 Å². The second-order valence-electron chi connectivity index (χ2n) is 6.02. The fourth-order valence-corrected chi connectivity index (χ4v) is 2.65. The summed E-state index contributed by atoms with van der Waals surface area (Å²) in [5.41, 5.74) is 4.45. The largest absolute Gasteiger partial charge is 0.497 e. The summed E-state index contributed by atoms with van der Waals surface area (Å²) < 4.78 is 7.17.